The van der Waals surface area contributed by atoms with Gasteiger partial charge in [0, 0.05) is 31.2 Å². The second-order valence-corrected chi connectivity index (χ2v) is 5.75. The first-order chi connectivity index (χ1) is 9.63. The lowest BCUT2D eigenvalue weighted by Gasteiger charge is -2.27. The van der Waals surface area contributed by atoms with E-state index in [0.29, 0.717) is 19.1 Å². The summed E-state index contributed by atoms with van der Waals surface area (Å²) in [6.07, 6.45) is 2.53. The van der Waals surface area contributed by atoms with Crippen LogP contribution in [0.5, 0.6) is 0 Å². The lowest BCUT2D eigenvalue weighted by molar-refractivity contribution is 0.193. The number of benzene rings is 1. The number of halogens is 1. The third kappa shape index (κ3) is 3.78. The van der Waals surface area contributed by atoms with E-state index in [1.165, 1.54) is 25.5 Å². The first-order valence-electron chi connectivity index (χ1n) is 7.54. The number of likely N-dealkylation sites (tertiary alicyclic amines) is 1. The van der Waals surface area contributed by atoms with Crippen molar-refractivity contribution in [3.05, 3.63) is 35.1 Å². The van der Waals surface area contributed by atoms with Crippen LogP contribution in [0.15, 0.2) is 18.2 Å². The van der Waals surface area contributed by atoms with Crippen LogP contribution in [0.4, 0.5) is 4.39 Å². The van der Waals surface area contributed by atoms with E-state index in [0.717, 1.165) is 24.2 Å². The fourth-order valence-corrected chi connectivity index (χ4v) is 3.11. The number of nitrogens with zero attached hydrogens (tertiary/aromatic N) is 2. The van der Waals surface area contributed by atoms with E-state index in [2.05, 4.69) is 23.8 Å². The molecule has 0 radical (unpaired) electrons. The number of nitrogens with two attached hydrogens (primary N) is 1. The second-order valence-electron chi connectivity index (χ2n) is 5.75. The van der Waals surface area contributed by atoms with Crippen LogP contribution in [0.25, 0.3) is 0 Å². The summed E-state index contributed by atoms with van der Waals surface area (Å²) in [5.41, 5.74) is 7.36. The molecule has 2 N–H and O–H groups in total. The molecule has 1 saturated heterocycles. The van der Waals surface area contributed by atoms with Gasteiger partial charge in [0.15, 0.2) is 0 Å². The zero-order valence-electron chi connectivity index (χ0n) is 12.6. The molecule has 2 rings (SSSR count). The minimum atomic E-state index is -0.132. The summed E-state index contributed by atoms with van der Waals surface area (Å²) in [6, 6.07) is 5.79. The minimum absolute atomic E-state index is 0.132. The first-order valence-corrected chi connectivity index (χ1v) is 7.54. The fourth-order valence-electron chi connectivity index (χ4n) is 3.11. The van der Waals surface area contributed by atoms with Crippen molar-refractivity contribution < 1.29 is 4.39 Å². The fraction of sp³-hybridized carbons (Fsp3) is 0.625. The Kier molecular flexibility index (Phi) is 5.52. The Bertz CT molecular complexity index is 436. The summed E-state index contributed by atoms with van der Waals surface area (Å²) in [5, 5.41) is 0. The molecule has 0 spiro atoms. The average Bonchev–Trinajstić information content (AvgIpc) is 2.88. The lowest BCUT2D eigenvalue weighted by atomic mass is 10.1. The van der Waals surface area contributed by atoms with Crippen LogP contribution in [-0.2, 0) is 13.1 Å². The molecule has 0 aromatic heterocycles. The molecule has 0 aliphatic carbocycles. The normalized spacial score (nSPS) is 19.9. The summed E-state index contributed by atoms with van der Waals surface area (Å²) in [6.45, 7) is 6.63. The summed E-state index contributed by atoms with van der Waals surface area (Å²) in [7, 11) is 2.07. The van der Waals surface area contributed by atoms with Crippen LogP contribution in [0, 0.1) is 5.82 Å². The third-order valence-electron chi connectivity index (χ3n) is 4.21. The van der Waals surface area contributed by atoms with Crippen molar-refractivity contribution in [2.45, 2.75) is 38.9 Å². The Hall–Kier alpha value is -0.970. The molecule has 0 bridgehead atoms. The molecule has 1 aliphatic heterocycles. The molecule has 1 fully saturated rings. The predicted octanol–water partition coefficient (Wildman–Crippen LogP) is 2.20. The van der Waals surface area contributed by atoms with Gasteiger partial charge in [0.25, 0.3) is 0 Å². The number of hydrogen-bond acceptors (Lipinski definition) is 3. The Morgan fingerprint density at radius 1 is 1.45 bits per heavy atom. The number of hydrogen-bond donors (Lipinski definition) is 1. The van der Waals surface area contributed by atoms with E-state index in [9.17, 15) is 4.39 Å². The lowest BCUT2D eigenvalue weighted by Crippen LogP contribution is -2.38. The summed E-state index contributed by atoms with van der Waals surface area (Å²) in [5.74, 6) is -0.132. The highest BCUT2D eigenvalue weighted by Gasteiger charge is 2.24. The van der Waals surface area contributed by atoms with Gasteiger partial charge in [-0.1, -0.05) is 19.1 Å². The molecule has 20 heavy (non-hydrogen) atoms. The standard InChI is InChI=1S/C16H26FN3/c1-3-20-8-4-5-15(20)12-19(2)11-14-9-13(10-18)6-7-16(14)17/h6-7,9,15H,3-5,8,10-12,18H2,1-2H3. The van der Waals surface area contributed by atoms with E-state index in [1.54, 1.807) is 6.07 Å². The minimum Gasteiger partial charge on any atom is -0.326 e. The van der Waals surface area contributed by atoms with E-state index in [1.807, 2.05) is 6.07 Å². The molecular weight excluding hydrogens is 253 g/mol. The summed E-state index contributed by atoms with van der Waals surface area (Å²) in [4.78, 5) is 4.74. The van der Waals surface area contributed by atoms with Crippen molar-refractivity contribution in [3.63, 3.8) is 0 Å². The highest BCUT2D eigenvalue weighted by Crippen LogP contribution is 2.19. The van der Waals surface area contributed by atoms with E-state index < -0.39 is 0 Å². The van der Waals surface area contributed by atoms with Crippen molar-refractivity contribution in [2.75, 3.05) is 26.7 Å². The van der Waals surface area contributed by atoms with Gasteiger partial charge in [-0.25, -0.2) is 4.39 Å². The van der Waals surface area contributed by atoms with Gasteiger partial charge in [-0.2, -0.15) is 0 Å². The largest absolute Gasteiger partial charge is 0.326 e. The van der Waals surface area contributed by atoms with Crippen LogP contribution in [0.1, 0.15) is 30.9 Å². The van der Waals surface area contributed by atoms with Gasteiger partial charge < -0.3 is 10.6 Å². The quantitative estimate of drug-likeness (QED) is 0.866. The molecule has 1 unspecified atom stereocenters. The Labute approximate surface area is 121 Å². The van der Waals surface area contributed by atoms with E-state index >= 15 is 0 Å². The van der Waals surface area contributed by atoms with Crippen molar-refractivity contribution in [3.8, 4) is 0 Å². The van der Waals surface area contributed by atoms with Gasteiger partial charge in [0.05, 0.1) is 0 Å². The number of rotatable bonds is 6. The molecule has 112 valence electrons. The molecule has 1 aromatic carbocycles. The van der Waals surface area contributed by atoms with Crippen LogP contribution in [0.2, 0.25) is 0 Å². The molecule has 4 heteroatoms. The van der Waals surface area contributed by atoms with Gasteiger partial charge in [0.2, 0.25) is 0 Å². The van der Waals surface area contributed by atoms with Crippen molar-refractivity contribution in [2.24, 2.45) is 5.73 Å². The zero-order valence-corrected chi connectivity index (χ0v) is 12.6. The van der Waals surface area contributed by atoms with Crippen LogP contribution >= 0.6 is 0 Å². The summed E-state index contributed by atoms with van der Waals surface area (Å²) < 4.78 is 13.8. The van der Waals surface area contributed by atoms with Crippen LogP contribution < -0.4 is 5.73 Å². The summed E-state index contributed by atoms with van der Waals surface area (Å²) >= 11 is 0. The van der Waals surface area contributed by atoms with E-state index in [4.69, 9.17) is 5.73 Å². The smallest absolute Gasteiger partial charge is 0.127 e. The molecule has 1 atom stereocenters. The van der Waals surface area contributed by atoms with Gasteiger partial charge in [-0.3, -0.25) is 4.90 Å². The SMILES string of the molecule is CCN1CCCC1CN(C)Cc1cc(CN)ccc1F. The van der Waals surface area contributed by atoms with Gasteiger partial charge in [0.1, 0.15) is 5.82 Å². The van der Waals surface area contributed by atoms with Crippen LogP contribution in [-0.4, -0.2) is 42.5 Å². The Morgan fingerprint density at radius 3 is 2.95 bits per heavy atom. The predicted molar refractivity (Wildman–Crippen MR) is 80.9 cm³/mol. The molecule has 0 saturated carbocycles. The molecule has 3 nitrogen and oxygen atoms in total. The maximum absolute atomic E-state index is 13.8. The molecule has 1 heterocycles. The van der Waals surface area contributed by atoms with Gasteiger partial charge in [-0.05, 0) is 44.6 Å². The maximum atomic E-state index is 13.8. The highest BCUT2D eigenvalue weighted by molar-refractivity contribution is 5.25. The zero-order chi connectivity index (χ0) is 14.5. The number of likely N-dealkylation sites (N-methyl/N-ethyl adjacent to an activating group) is 2. The molecule has 1 aromatic rings. The Morgan fingerprint density at radius 2 is 2.25 bits per heavy atom. The highest BCUT2D eigenvalue weighted by atomic mass is 19.1. The van der Waals surface area contributed by atoms with Crippen molar-refractivity contribution >= 4 is 0 Å². The van der Waals surface area contributed by atoms with Gasteiger partial charge in [-0.15, -0.1) is 0 Å². The average molecular weight is 279 g/mol. The van der Waals surface area contributed by atoms with Crippen molar-refractivity contribution in [1.29, 1.82) is 0 Å². The van der Waals surface area contributed by atoms with Crippen LogP contribution in [0.3, 0.4) is 0 Å². The molecule has 1 aliphatic rings. The second kappa shape index (κ2) is 7.16. The van der Waals surface area contributed by atoms with E-state index in [-0.39, 0.29) is 5.82 Å². The first kappa shape index (κ1) is 15.4. The maximum Gasteiger partial charge on any atom is 0.127 e. The molecule has 0 amide bonds. The monoisotopic (exact) mass is 279 g/mol. The van der Waals surface area contributed by atoms with Crippen molar-refractivity contribution in [1.82, 2.24) is 9.80 Å². The third-order valence-corrected chi connectivity index (χ3v) is 4.21. The molecular formula is C16H26FN3. The van der Waals surface area contributed by atoms with Gasteiger partial charge >= 0.3 is 0 Å². The Balaban J connectivity index is 1.95. The topological polar surface area (TPSA) is 32.5 Å².